The Hall–Kier alpha value is -2.19. The fraction of sp³-hybridized carbons (Fsp3) is 0.476. The first-order chi connectivity index (χ1) is 14.1. The number of aromatic nitrogens is 1. The van der Waals surface area contributed by atoms with Crippen molar-refractivity contribution in [2.45, 2.75) is 51.5 Å². The number of nitrogens with zero attached hydrogens (tertiary/aromatic N) is 1. The Bertz CT molecular complexity index is 1020. The Labute approximate surface area is 177 Å². The SMILES string of the molecule is Cc1nc2c(cc(OCC(=O)NCCC(=O)NC3CCCCC3)c3ccsc32)s1. The lowest BCUT2D eigenvalue weighted by atomic mass is 9.95. The van der Waals surface area contributed by atoms with Crippen molar-refractivity contribution < 1.29 is 14.3 Å². The van der Waals surface area contributed by atoms with E-state index in [-0.39, 0.29) is 18.4 Å². The van der Waals surface area contributed by atoms with E-state index in [1.54, 1.807) is 22.7 Å². The monoisotopic (exact) mass is 431 g/mol. The number of carbonyl (C=O) groups is 2. The Morgan fingerprint density at radius 2 is 2.07 bits per heavy atom. The molecule has 0 unspecified atom stereocenters. The van der Waals surface area contributed by atoms with Crippen LogP contribution in [0.25, 0.3) is 20.3 Å². The molecule has 0 spiro atoms. The maximum atomic E-state index is 12.2. The Morgan fingerprint density at radius 3 is 2.90 bits per heavy atom. The summed E-state index contributed by atoms with van der Waals surface area (Å²) < 4.78 is 7.96. The first-order valence-corrected chi connectivity index (χ1v) is 11.8. The number of thiazole rings is 1. The quantitative estimate of drug-likeness (QED) is 0.589. The predicted octanol–water partition coefficient (Wildman–Crippen LogP) is 4.15. The highest BCUT2D eigenvalue weighted by Crippen LogP contribution is 2.38. The third-order valence-electron chi connectivity index (χ3n) is 5.17. The Kier molecular flexibility index (Phi) is 6.30. The minimum Gasteiger partial charge on any atom is -0.483 e. The van der Waals surface area contributed by atoms with Gasteiger partial charge in [-0.15, -0.1) is 22.7 Å². The third-order valence-corrected chi connectivity index (χ3v) is 7.01. The first kappa shape index (κ1) is 20.1. The molecule has 0 aliphatic heterocycles. The fourth-order valence-electron chi connectivity index (χ4n) is 3.76. The summed E-state index contributed by atoms with van der Waals surface area (Å²) in [4.78, 5) is 28.8. The van der Waals surface area contributed by atoms with Crippen molar-refractivity contribution in [3.05, 3.63) is 22.5 Å². The van der Waals surface area contributed by atoms with Crippen molar-refractivity contribution in [3.8, 4) is 5.75 Å². The number of thiophene rings is 1. The number of amides is 2. The van der Waals surface area contributed by atoms with E-state index in [1.807, 2.05) is 24.4 Å². The summed E-state index contributed by atoms with van der Waals surface area (Å²) in [6.07, 6.45) is 6.05. The number of fused-ring (bicyclic) bond motifs is 3. The molecular weight excluding hydrogens is 406 g/mol. The highest BCUT2D eigenvalue weighted by atomic mass is 32.1. The van der Waals surface area contributed by atoms with Crippen LogP contribution in [-0.2, 0) is 9.59 Å². The normalized spacial score (nSPS) is 14.9. The van der Waals surface area contributed by atoms with Crippen molar-refractivity contribution in [2.24, 2.45) is 0 Å². The van der Waals surface area contributed by atoms with Gasteiger partial charge in [0, 0.05) is 30.5 Å². The first-order valence-electron chi connectivity index (χ1n) is 10.1. The summed E-state index contributed by atoms with van der Waals surface area (Å²) in [6.45, 7) is 2.24. The molecular formula is C21H25N3O3S2. The van der Waals surface area contributed by atoms with Gasteiger partial charge in [0.25, 0.3) is 5.91 Å². The molecule has 8 heteroatoms. The molecule has 2 aromatic heterocycles. The number of aryl methyl sites for hydroxylation is 1. The van der Waals surface area contributed by atoms with E-state index >= 15 is 0 Å². The Morgan fingerprint density at radius 1 is 1.24 bits per heavy atom. The van der Waals surface area contributed by atoms with Gasteiger partial charge in [0.05, 0.1) is 19.9 Å². The molecule has 0 saturated heterocycles. The summed E-state index contributed by atoms with van der Waals surface area (Å²) >= 11 is 3.25. The number of benzene rings is 1. The standard InChI is InChI=1S/C21H25N3O3S2/c1-13-23-20-17(29-13)11-16(15-8-10-28-21(15)20)27-12-19(26)22-9-7-18(25)24-14-5-3-2-4-6-14/h8,10-11,14H,2-7,9,12H2,1H3,(H,22,26)(H,24,25). The van der Waals surface area contributed by atoms with Crippen LogP contribution in [0.5, 0.6) is 5.75 Å². The lowest BCUT2D eigenvalue weighted by Gasteiger charge is -2.22. The highest BCUT2D eigenvalue weighted by molar-refractivity contribution is 7.21. The number of hydrogen-bond donors (Lipinski definition) is 2. The van der Waals surface area contributed by atoms with Crippen molar-refractivity contribution in [1.82, 2.24) is 15.6 Å². The topological polar surface area (TPSA) is 80.3 Å². The van der Waals surface area contributed by atoms with Gasteiger partial charge >= 0.3 is 0 Å². The van der Waals surface area contributed by atoms with E-state index in [1.165, 1.54) is 19.3 Å². The summed E-state index contributed by atoms with van der Waals surface area (Å²) in [7, 11) is 0. The molecule has 2 heterocycles. The van der Waals surface area contributed by atoms with Gasteiger partial charge in [-0.3, -0.25) is 9.59 Å². The van der Waals surface area contributed by atoms with Crippen molar-refractivity contribution in [1.29, 1.82) is 0 Å². The van der Waals surface area contributed by atoms with Gasteiger partial charge in [-0.1, -0.05) is 19.3 Å². The second kappa shape index (κ2) is 9.09. The van der Waals surface area contributed by atoms with Crippen LogP contribution < -0.4 is 15.4 Å². The second-order valence-electron chi connectivity index (χ2n) is 7.41. The molecule has 1 fully saturated rings. The van der Waals surface area contributed by atoms with Crippen molar-refractivity contribution in [2.75, 3.05) is 13.2 Å². The minimum absolute atomic E-state index is 0.00381. The zero-order valence-electron chi connectivity index (χ0n) is 16.5. The fourth-order valence-corrected chi connectivity index (χ4v) is 5.60. The predicted molar refractivity (Wildman–Crippen MR) is 118 cm³/mol. The molecule has 0 radical (unpaired) electrons. The molecule has 6 nitrogen and oxygen atoms in total. The maximum Gasteiger partial charge on any atom is 0.257 e. The van der Waals surface area contributed by atoms with Crippen LogP contribution in [0.1, 0.15) is 43.5 Å². The summed E-state index contributed by atoms with van der Waals surface area (Å²) in [5.74, 6) is 0.478. The van der Waals surface area contributed by atoms with Crippen LogP contribution >= 0.6 is 22.7 Å². The van der Waals surface area contributed by atoms with E-state index < -0.39 is 0 Å². The third kappa shape index (κ3) is 4.87. The van der Waals surface area contributed by atoms with Gasteiger partial charge < -0.3 is 15.4 Å². The lowest BCUT2D eigenvalue weighted by molar-refractivity contribution is -0.123. The molecule has 2 N–H and O–H groups in total. The van der Waals surface area contributed by atoms with E-state index in [9.17, 15) is 9.59 Å². The number of ether oxygens (including phenoxy) is 1. The van der Waals surface area contributed by atoms with E-state index in [0.29, 0.717) is 24.8 Å². The lowest BCUT2D eigenvalue weighted by Crippen LogP contribution is -2.38. The summed E-state index contributed by atoms with van der Waals surface area (Å²) in [5, 5.41) is 9.83. The van der Waals surface area contributed by atoms with Gasteiger partial charge in [-0.25, -0.2) is 4.98 Å². The average molecular weight is 432 g/mol. The van der Waals surface area contributed by atoms with Gasteiger partial charge in [0.1, 0.15) is 5.75 Å². The molecule has 2 amide bonds. The van der Waals surface area contributed by atoms with Gasteiger partial charge in [0.2, 0.25) is 5.91 Å². The number of carbonyl (C=O) groups excluding carboxylic acids is 2. The van der Waals surface area contributed by atoms with E-state index in [2.05, 4.69) is 15.6 Å². The zero-order valence-corrected chi connectivity index (χ0v) is 18.1. The van der Waals surface area contributed by atoms with Gasteiger partial charge in [0.15, 0.2) is 6.61 Å². The average Bonchev–Trinajstić information content (AvgIpc) is 3.32. The van der Waals surface area contributed by atoms with Crippen LogP contribution in [0.3, 0.4) is 0 Å². The second-order valence-corrected chi connectivity index (χ2v) is 9.56. The highest BCUT2D eigenvalue weighted by Gasteiger charge is 2.16. The molecule has 29 heavy (non-hydrogen) atoms. The van der Waals surface area contributed by atoms with Gasteiger partial charge in [-0.05, 0) is 31.2 Å². The summed E-state index contributed by atoms with van der Waals surface area (Å²) in [5.41, 5.74) is 0.998. The largest absolute Gasteiger partial charge is 0.483 e. The van der Waals surface area contributed by atoms with Gasteiger partial charge in [-0.2, -0.15) is 0 Å². The molecule has 1 aliphatic carbocycles. The van der Waals surface area contributed by atoms with E-state index in [0.717, 1.165) is 38.2 Å². The zero-order chi connectivity index (χ0) is 20.2. The maximum absolute atomic E-state index is 12.2. The molecule has 0 bridgehead atoms. The number of rotatable bonds is 7. The number of nitrogens with one attached hydrogen (secondary N) is 2. The van der Waals surface area contributed by atoms with E-state index in [4.69, 9.17) is 4.74 Å². The molecule has 1 aromatic carbocycles. The molecule has 3 aromatic rings. The van der Waals surface area contributed by atoms with Crippen molar-refractivity contribution >= 4 is 54.8 Å². The van der Waals surface area contributed by atoms with Crippen LogP contribution in [0, 0.1) is 6.92 Å². The summed E-state index contributed by atoms with van der Waals surface area (Å²) in [6, 6.07) is 4.25. The molecule has 4 rings (SSSR count). The Balaban J connectivity index is 1.27. The van der Waals surface area contributed by atoms with Crippen LogP contribution in [-0.4, -0.2) is 36.0 Å². The van der Waals surface area contributed by atoms with Crippen molar-refractivity contribution in [3.63, 3.8) is 0 Å². The molecule has 154 valence electrons. The number of hydrogen-bond acceptors (Lipinski definition) is 6. The molecule has 0 atom stereocenters. The molecule has 1 aliphatic rings. The van der Waals surface area contributed by atoms with Crippen LogP contribution in [0.15, 0.2) is 17.5 Å². The smallest absolute Gasteiger partial charge is 0.257 e. The van der Waals surface area contributed by atoms with Crippen LogP contribution in [0.4, 0.5) is 0 Å². The minimum atomic E-state index is -0.223. The van der Waals surface area contributed by atoms with Crippen LogP contribution in [0.2, 0.25) is 0 Å². The molecule has 1 saturated carbocycles.